The van der Waals surface area contributed by atoms with Crippen LogP contribution in [0.15, 0.2) is 11.6 Å². The summed E-state index contributed by atoms with van der Waals surface area (Å²) in [6, 6.07) is 0.540. The predicted octanol–water partition coefficient (Wildman–Crippen LogP) is 2.23. The Morgan fingerprint density at radius 1 is 1.50 bits per heavy atom. The molecule has 3 nitrogen and oxygen atoms in total. The van der Waals surface area contributed by atoms with Crippen LogP contribution in [-0.4, -0.2) is 30.8 Å². The van der Waals surface area contributed by atoms with Crippen LogP contribution in [0.1, 0.15) is 30.7 Å². The SMILES string of the molecule is COC1CCCCC1NCCc1nccs1. The average Bonchev–Trinajstić information content (AvgIpc) is 2.83. The number of hydrogen-bond donors (Lipinski definition) is 1. The van der Waals surface area contributed by atoms with E-state index in [9.17, 15) is 0 Å². The van der Waals surface area contributed by atoms with Gasteiger partial charge in [0.15, 0.2) is 0 Å². The lowest BCUT2D eigenvalue weighted by Gasteiger charge is -2.31. The molecule has 1 aromatic rings. The van der Waals surface area contributed by atoms with Gasteiger partial charge >= 0.3 is 0 Å². The summed E-state index contributed by atoms with van der Waals surface area (Å²) in [6.07, 6.45) is 8.40. The third-order valence-electron chi connectivity index (χ3n) is 3.23. The van der Waals surface area contributed by atoms with Gasteiger partial charge in [-0.3, -0.25) is 0 Å². The van der Waals surface area contributed by atoms with Crippen molar-refractivity contribution in [2.75, 3.05) is 13.7 Å². The molecule has 1 N–H and O–H groups in total. The Bertz CT molecular complexity index is 289. The van der Waals surface area contributed by atoms with Crippen molar-refractivity contribution < 1.29 is 4.74 Å². The number of nitrogens with zero attached hydrogens (tertiary/aromatic N) is 1. The Morgan fingerprint density at radius 2 is 2.38 bits per heavy atom. The summed E-state index contributed by atoms with van der Waals surface area (Å²) in [7, 11) is 1.82. The van der Waals surface area contributed by atoms with Crippen LogP contribution in [-0.2, 0) is 11.2 Å². The van der Waals surface area contributed by atoms with Crippen LogP contribution in [0.2, 0.25) is 0 Å². The molecule has 1 fully saturated rings. The lowest BCUT2D eigenvalue weighted by Crippen LogP contribution is -2.43. The van der Waals surface area contributed by atoms with Crippen molar-refractivity contribution in [3.63, 3.8) is 0 Å². The number of thiazole rings is 1. The molecule has 16 heavy (non-hydrogen) atoms. The molecule has 0 bridgehead atoms. The van der Waals surface area contributed by atoms with E-state index in [0.717, 1.165) is 13.0 Å². The monoisotopic (exact) mass is 240 g/mol. The third-order valence-corrected chi connectivity index (χ3v) is 4.07. The number of methoxy groups -OCH3 is 1. The molecule has 0 saturated heterocycles. The van der Waals surface area contributed by atoms with Gasteiger partial charge in [0.05, 0.1) is 11.1 Å². The molecule has 0 spiro atoms. The molecule has 1 aliphatic rings. The van der Waals surface area contributed by atoms with E-state index >= 15 is 0 Å². The summed E-state index contributed by atoms with van der Waals surface area (Å²) in [4.78, 5) is 4.29. The number of aromatic nitrogens is 1. The van der Waals surface area contributed by atoms with E-state index < -0.39 is 0 Å². The molecule has 1 aliphatic carbocycles. The number of rotatable bonds is 5. The molecular formula is C12H20N2OS. The fraction of sp³-hybridized carbons (Fsp3) is 0.750. The second-order valence-electron chi connectivity index (χ2n) is 4.30. The van der Waals surface area contributed by atoms with Gasteiger partial charge in [-0.05, 0) is 12.8 Å². The molecule has 1 aromatic heterocycles. The van der Waals surface area contributed by atoms with E-state index in [2.05, 4.69) is 10.3 Å². The van der Waals surface area contributed by atoms with Crippen molar-refractivity contribution in [1.82, 2.24) is 10.3 Å². The van der Waals surface area contributed by atoms with Gasteiger partial charge in [-0.15, -0.1) is 11.3 Å². The minimum atomic E-state index is 0.407. The van der Waals surface area contributed by atoms with Gasteiger partial charge in [0, 0.05) is 37.7 Å². The molecule has 4 heteroatoms. The highest BCUT2D eigenvalue weighted by atomic mass is 32.1. The van der Waals surface area contributed by atoms with Crippen LogP contribution in [0.25, 0.3) is 0 Å². The fourth-order valence-electron chi connectivity index (χ4n) is 2.35. The van der Waals surface area contributed by atoms with E-state index in [0.29, 0.717) is 12.1 Å². The largest absolute Gasteiger partial charge is 0.380 e. The Hall–Kier alpha value is -0.450. The topological polar surface area (TPSA) is 34.1 Å². The summed E-state index contributed by atoms with van der Waals surface area (Å²) < 4.78 is 5.52. The normalized spacial score (nSPS) is 25.8. The first-order chi connectivity index (χ1) is 7.90. The molecule has 2 unspecified atom stereocenters. The molecule has 0 aliphatic heterocycles. The average molecular weight is 240 g/mol. The summed E-state index contributed by atoms with van der Waals surface area (Å²) >= 11 is 1.73. The first-order valence-corrected chi connectivity index (χ1v) is 6.92. The van der Waals surface area contributed by atoms with Gasteiger partial charge in [0.25, 0.3) is 0 Å². The van der Waals surface area contributed by atoms with Gasteiger partial charge in [0.2, 0.25) is 0 Å². The van der Waals surface area contributed by atoms with Crippen molar-refractivity contribution in [1.29, 1.82) is 0 Å². The number of nitrogens with one attached hydrogen (secondary N) is 1. The molecule has 0 amide bonds. The summed E-state index contributed by atoms with van der Waals surface area (Å²) in [5.41, 5.74) is 0. The summed E-state index contributed by atoms with van der Waals surface area (Å²) in [6.45, 7) is 1.01. The minimum absolute atomic E-state index is 0.407. The lowest BCUT2D eigenvalue weighted by molar-refractivity contribution is 0.0421. The molecule has 90 valence electrons. The number of ether oxygens (including phenoxy) is 1. The Labute approximate surface area is 101 Å². The van der Waals surface area contributed by atoms with Gasteiger partial charge in [-0.1, -0.05) is 12.8 Å². The van der Waals surface area contributed by atoms with E-state index in [4.69, 9.17) is 4.74 Å². The van der Waals surface area contributed by atoms with Crippen LogP contribution in [0.4, 0.5) is 0 Å². The van der Waals surface area contributed by atoms with Crippen molar-refractivity contribution in [2.24, 2.45) is 0 Å². The smallest absolute Gasteiger partial charge is 0.0937 e. The molecule has 2 rings (SSSR count). The maximum absolute atomic E-state index is 5.52. The van der Waals surface area contributed by atoms with Gasteiger partial charge in [0.1, 0.15) is 0 Å². The van der Waals surface area contributed by atoms with Gasteiger partial charge in [-0.25, -0.2) is 4.98 Å². The van der Waals surface area contributed by atoms with Crippen LogP contribution >= 0.6 is 11.3 Å². The first-order valence-electron chi connectivity index (χ1n) is 6.04. The van der Waals surface area contributed by atoms with E-state index in [-0.39, 0.29) is 0 Å². The van der Waals surface area contributed by atoms with Crippen LogP contribution < -0.4 is 5.32 Å². The van der Waals surface area contributed by atoms with E-state index in [1.807, 2.05) is 18.7 Å². The standard InChI is InChI=1S/C12H20N2OS/c1-15-11-5-3-2-4-10(11)13-7-6-12-14-8-9-16-12/h8-11,13H,2-7H2,1H3. The molecule has 2 atom stereocenters. The van der Waals surface area contributed by atoms with Crippen LogP contribution in [0.3, 0.4) is 0 Å². The van der Waals surface area contributed by atoms with Gasteiger partial charge in [-0.2, -0.15) is 0 Å². The molecule has 1 heterocycles. The maximum Gasteiger partial charge on any atom is 0.0937 e. The molecule has 0 aromatic carbocycles. The van der Waals surface area contributed by atoms with Crippen molar-refractivity contribution in [3.8, 4) is 0 Å². The third kappa shape index (κ3) is 3.27. The minimum Gasteiger partial charge on any atom is -0.380 e. The highest BCUT2D eigenvalue weighted by Gasteiger charge is 2.23. The Morgan fingerprint density at radius 3 is 3.12 bits per heavy atom. The maximum atomic E-state index is 5.52. The highest BCUT2D eigenvalue weighted by Crippen LogP contribution is 2.20. The van der Waals surface area contributed by atoms with Crippen LogP contribution in [0.5, 0.6) is 0 Å². The zero-order valence-corrected chi connectivity index (χ0v) is 10.6. The first kappa shape index (κ1) is 12.0. The van der Waals surface area contributed by atoms with Crippen LogP contribution in [0, 0.1) is 0 Å². The highest BCUT2D eigenvalue weighted by molar-refractivity contribution is 7.09. The number of hydrogen-bond acceptors (Lipinski definition) is 4. The Balaban J connectivity index is 1.71. The summed E-state index contributed by atoms with van der Waals surface area (Å²) in [5, 5.41) is 6.86. The second-order valence-corrected chi connectivity index (χ2v) is 5.27. The van der Waals surface area contributed by atoms with Crippen molar-refractivity contribution in [2.45, 2.75) is 44.2 Å². The lowest BCUT2D eigenvalue weighted by atomic mass is 9.92. The van der Waals surface area contributed by atoms with Crippen molar-refractivity contribution >= 4 is 11.3 Å². The van der Waals surface area contributed by atoms with E-state index in [1.54, 1.807) is 11.3 Å². The fourth-order valence-corrected chi connectivity index (χ4v) is 2.97. The predicted molar refractivity (Wildman–Crippen MR) is 66.9 cm³/mol. The Kier molecular flexibility index (Phi) is 4.75. The summed E-state index contributed by atoms with van der Waals surface area (Å²) in [5.74, 6) is 0. The molecule has 0 radical (unpaired) electrons. The molecular weight excluding hydrogens is 220 g/mol. The zero-order chi connectivity index (χ0) is 11.2. The molecule has 1 saturated carbocycles. The second kappa shape index (κ2) is 6.33. The zero-order valence-electron chi connectivity index (χ0n) is 9.82. The van der Waals surface area contributed by atoms with Gasteiger partial charge < -0.3 is 10.1 Å². The van der Waals surface area contributed by atoms with Crippen molar-refractivity contribution in [3.05, 3.63) is 16.6 Å². The quantitative estimate of drug-likeness (QED) is 0.857. The van der Waals surface area contributed by atoms with E-state index in [1.165, 1.54) is 30.7 Å².